The average Bonchev–Trinajstić information content (AvgIpc) is 3.37. The number of para-hydroxylation sites is 1. The molecular weight excluding hydrogens is 496 g/mol. The fourth-order valence-electron chi connectivity index (χ4n) is 9.28. The Morgan fingerprint density at radius 1 is 1.05 bits per heavy atom. The maximum atomic E-state index is 14.2. The second-order valence-corrected chi connectivity index (χ2v) is 11.5. The van der Waals surface area contributed by atoms with Gasteiger partial charge in [0.15, 0.2) is 11.5 Å². The summed E-state index contributed by atoms with van der Waals surface area (Å²) < 4.78 is 23.1. The Morgan fingerprint density at radius 2 is 1.82 bits per heavy atom. The van der Waals surface area contributed by atoms with Crippen molar-refractivity contribution in [3.8, 4) is 11.5 Å². The molecule has 5 fully saturated rings. The van der Waals surface area contributed by atoms with Crippen LogP contribution >= 0.6 is 0 Å². The van der Waals surface area contributed by atoms with E-state index in [0.717, 1.165) is 30.6 Å². The molecule has 4 saturated heterocycles. The molecule has 6 aliphatic rings. The van der Waals surface area contributed by atoms with Crippen LogP contribution in [0.5, 0.6) is 11.5 Å². The van der Waals surface area contributed by atoms with Crippen LogP contribution in [0.25, 0.3) is 0 Å². The van der Waals surface area contributed by atoms with Gasteiger partial charge in [-0.3, -0.25) is 9.69 Å². The summed E-state index contributed by atoms with van der Waals surface area (Å²) in [6, 6.07) is 13.7. The van der Waals surface area contributed by atoms with E-state index in [1.165, 1.54) is 19.8 Å². The van der Waals surface area contributed by atoms with Crippen molar-refractivity contribution in [3.63, 3.8) is 0 Å². The molecule has 8 nitrogen and oxygen atoms in total. The molecule has 8 heteroatoms. The molecule has 1 saturated carbocycles. The van der Waals surface area contributed by atoms with Gasteiger partial charge in [-0.2, -0.15) is 0 Å². The smallest absolute Gasteiger partial charge is 0.338 e. The molecule has 1 unspecified atom stereocenters. The summed E-state index contributed by atoms with van der Waals surface area (Å²) in [6.45, 7) is 2.88. The van der Waals surface area contributed by atoms with Crippen LogP contribution in [0.15, 0.2) is 54.1 Å². The molecule has 5 aliphatic heterocycles. The Hall–Kier alpha value is -3.52. The van der Waals surface area contributed by atoms with Gasteiger partial charge in [-0.25, -0.2) is 4.79 Å². The molecule has 8 atom stereocenters. The first-order valence-corrected chi connectivity index (χ1v) is 13.6. The molecule has 6 bridgehead atoms. The van der Waals surface area contributed by atoms with Gasteiger partial charge in [-0.15, -0.1) is 0 Å². The Balaban J connectivity index is 1.44. The third kappa shape index (κ3) is 2.73. The second kappa shape index (κ2) is 8.24. The van der Waals surface area contributed by atoms with E-state index in [4.69, 9.17) is 18.9 Å². The van der Waals surface area contributed by atoms with Crippen molar-refractivity contribution in [3.05, 3.63) is 65.2 Å². The Morgan fingerprint density at radius 3 is 2.54 bits per heavy atom. The average molecular weight is 531 g/mol. The zero-order valence-electron chi connectivity index (χ0n) is 23.0. The van der Waals surface area contributed by atoms with Crippen molar-refractivity contribution in [1.29, 1.82) is 0 Å². The van der Waals surface area contributed by atoms with Crippen molar-refractivity contribution >= 4 is 17.6 Å². The number of esters is 2. The predicted molar refractivity (Wildman–Crippen MR) is 144 cm³/mol. The first kappa shape index (κ1) is 24.5. The normalized spacial score (nSPS) is 37.5. The fraction of sp³-hybridized carbons (Fsp3) is 0.484. The number of likely N-dealkylation sites (N-methyl/N-ethyl adjacent to an activating group) is 1. The number of fused-ring (bicyclic) bond motifs is 2. The molecule has 0 N–H and O–H groups in total. The number of methoxy groups -OCH3 is 3. The summed E-state index contributed by atoms with van der Waals surface area (Å²) >= 11 is 0. The predicted octanol–water partition coefficient (Wildman–Crippen LogP) is 3.58. The lowest BCUT2D eigenvalue weighted by molar-refractivity contribution is -0.180. The van der Waals surface area contributed by atoms with Crippen LogP contribution in [0.1, 0.15) is 35.7 Å². The van der Waals surface area contributed by atoms with Crippen LogP contribution in [-0.2, 0) is 19.7 Å². The van der Waals surface area contributed by atoms with E-state index < -0.39 is 22.9 Å². The zero-order chi connectivity index (χ0) is 27.3. The topological polar surface area (TPSA) is 77.5 Å². The largest absolute Gasteiger partial charge is 0.493 e. The lowest BCUT2D eigenvalue weighted by Crippen LogP contribution is -2.71. The number of anilines is 1. The summed E-state index contributed by atoms with van der Waals surface area (Å²) in [5, 5.41) is 0. The van der Waals surface area contributed by atoms with Crippen molar-refractivity contribution in [2.45, 2.75) is 49.4 Å². The van der Waals surface area contributed by atoms with Crippen LogP contribution in [0.2, 0.25) is 0 Å². The molecule has 8 rings (SSSR count). The number of allylic oxidation sites excluding steroid dienone is 1. The van der Waals surface area contributed by atoms with E-state index in [2.05, 4.69) is 47.2 Å². The summed E-state index contributed by atoms with van der Waals surface area (Å²) in [5.74, 6) is 0.166. The van der Waals surface area contributed by atoms with E-state index in [9.17, 15) is 9.59 Å². The summed E-state index contributed by atoms with van der Waals surface area (Å²) in [5.41, 5.74) is 2.36. The minimum atomic E-state index is -0.995. The first-order valence-electron chi connectivity index (χ1n) is 13.6. The molecule has 1 aliphatic carbocycles. The highest BCUT2D eigenvalue weighted by molar-refractivity contribution is 5.92. The van der Waals surface area contributed by atoms with Crippen LogP contribution in [0, 0.1) is 11.3 Å². The SMILES string of the molecule is C/C=C1/CN2[C@H]3C[C@@]45c6ccccc6N(C)[C@@H]4[C@@H]2C[C@@H]1[C@]3(C(=O)OC)[C@H]5OC(=O)c1ccc(OC)c(OC)c1. The van der Waals surface area contributed by atoms with Crippen molar-refractivity contribution < 1.29 is 28.5 Å². The maximum Gasteiger partial charge on any atom is 0.338 e. The van der Waals surface area contributed by atoms with Crippen molar-refractivity contribution in [2.75, 3.05) is 39.8 Å². The number of carbonyl (C=O) groups excluding carboxylic acids is 2. The third-order valence-electron chi connectivity index (χ3n) is 10.5. The lowest BCUT2D eigenvalue weighted by Gasteiger charge is -2.61. The zero-order valence-corrected chi connectivity index (χ0v) is 23.0. The highest BCUT2D eigenvalue weighted by Crippen LogP contribution is 2.73. The van der Waals surface area contributed by atoms with E-state index >= 15 is 0 Å². The van der Waals surface area contributed by atoms with Gasteiger partial charge in [0.05, 0.1) is 38.3 Å². The van der Waals surface area contributed by atoms with Gasteiger partial charge in [0.25, 0.3) is 0 Å². The quantitative estimate of drug-likeness (QED) is 0.429. The molecule has 39 heavy (non-hydrogen) atoms. The molecule has 5 heterocycles. The van der Waals surface area contributed by atoms with Crippen molar-refractivity contribution in [1.82, 2.24) is 4.90 Å². The van der Waals surface area contributed by atoms with Crippen LogP contribution < -0.4 is 14.4 Å². The first-order chi connectivity index (χ1) is 18.9. The number of carbonyl (C=O) groups is 2. The van der Waals surface area contributed by atoms with Crippen molar-refractivity contribution in [2.24, 2.45) is 11.3 Å². The van der Waals surface area contributed by atoms with Gasteiger partial charge in [-0.1, -0.05) is 29.8 Å². The summed E-state index contributed by atoms with van der Waals surface area (Å²) in [6.07, 6.45) is 3.02. The molecule has 1 spiro atoms. The second-order valence-electron chi connectivity index (χ2n) is 11.5. The molecule has 0 amide bonds. The number of piperidine rings is 4. The number of rotatable bonds is 5. The fourth-order valence-corrected chi connectivity index (χ4v) is 9.28. The molecule has 2 aromatic carbocycles. The maximum absolute atomic E-state index is 14.2. The highest BCUT2D eigenvalue weighted by Gasteiger charge is 2.84. The highest BCUT2D eigenvalue weighted by atomic mass is 16.6. The van der Waals surface area contributed by atoms with Gasteiger partial charge in [0.2, 0.25) is 0 Å². The van der Waals surface area contributed by atoms with E-state index in [1.54, 1.807) is 25.3 Å². The van der Waals surface area contributed by atoms with Gasteiger partial charge < -0.3 is 23.8 Å². The Bertz CT molecular complexity index is 1420. The number of hydrogen-bond donors (Lipinski definition) is 0. The number of ether oxygens (including phenoxy) is 4. The van der Waals surface area contributed by atoms with Gasteiger partial charge in [0.1, 0.15) is 11.5 Å². The van der Waals surface area contributed by atoms with E-state index in [0.29, 0.717) is 17.1 Å². The Labute approximate surface area is 228 Å². The monoisotopic (exact) mass is 530 g/mol. The van der Waals surface area contributed by atoms with Crippen LogP contribution in [0.3, 0.4) is 0 Å². The van der Waals surface area contributed by atoms with Gasteiger partial charge in [-0.05, 0) is 49.6 Å². The number of nitrogens with zero attached hydrogens (tertiary/aromatic N) is 2. The minimum Gasteiger partial charge on any atom is -0.493 e. The third-order valence-corrected chi connectivity index (χ3v) is 10.5. The van der Waals surface area contributed by atoms with Crippen LogP contribution in [0.4, 0.5) is 5.69 Å². The molecule has 0 radical (unpaired) electrons. The molecule has 204 valence electrons. The molecular formula is C31H34N2O6. The molecule has 0 aromatic heterocycles. The molecule has 2 aromatic rings. The number of benzene rings is 2. The van der Waals surface area contributed by atoms with Crippen LogP contribution in [-0.4, -0.2) is 76.0 Å². The Kier molecular flexibility index (Phi) is 5.18. The summed E-state index contributed by atoms with van der Waals surface area (Å²) in [4.78, 5) is 33.1. The van der Waals surface area contributed by atoms with Gasteiger partial charge in [0, 0.05) is 37.3 Å². The van der Waals surface area contributed by atoms with E-state index in [1.807, 2.05) is 6.92 Å². The lowest BCUT2D eigenvalue weighted by atomic mass is 9.58. The summed E-state index contributed by atoms with van der Waals surface area (Å²) in [7, 11) is 6.70. The standard InChI is InChI=1S/C31H34N2O6/c1-6-17-16-33-22-14-20(17)31(29(35)38-5)25(33)15-30(19-9-7-8-10-21(19)32(2)26(22)30)28(31)39-27(34)18-11-12-23(36-3)24(13-18)37-4/h6-13,20,22,25-26,28H,14-16H2,1-5H3/b17-6-/t20-,22-,25-,26+,28-,30+,31+/m0/s1. The minimum absolute atomic E-state index is 0.0521. The van der Waals surface area contributed by atoms with Gasteiger partial charge >= 0.3 is 11.9 Å². The van der Waals surface area contributed by atoms with E-state index in [-0.39, 0.29) is 30.0 Å². The number of hydrogen-bond acceptors (Lipinski definition) is 8.